The number of carbonyl (C=O) groups excluding carboxylic acids is 1. The Morgan fingerprint density at radius 2 is 1.79 bits per heavy atom. The Labute approximate surface area is 160 Å². The van der Waals surface area contributed by atoms with Crippen LogP contribution in [0.4, 0.5) is 8.78 Å². The monoisotopic (exact) mass is 385 g/mol. The second kappa shape index (κ2) is 6.89. The Kier molecular flexibility index (Phi) is 4.53. The van der Waals surface area contributed by atoms with Gasteiger partial charge in [0.15, 0.2) is 11.6 Å². The molecule has 0 radical (unpaired) electrons. The van der Waals surface area contributed by atoms with Gasteiger partial charge < -0.3 is 14.9 Å². The zero-order chi connectivity index (χ0) is 20.0. The Morgan fingerprint density at radius 1 is 1.11 bits per heavy atom. The minimum Gasteiger partial charge on any atom is -0.354 e. The number of hydrogen-bond donors (Lipinski definition) is 2. The summed E-state index contributed by atoms with van der Waals surface area (Å²) >= 11 is 0. The van der Waals surface area contributed by atoms with Crippen molar-refractivity contribution in [2.45, 2.75) is 38.6 Å². The second-order valence-electron chi connectivity index (χ2n) is 7.37. The first-order valence-electron chi connectivity index (χ1n) is 9.35. The molecular formula is C21H21F2N3O2. The Bertz CT molecular complexity index is 1110. The molecule has 0 fully saturated rings. The van der Waals surface area contributed by atoms with E-state index >= 15 is 0 Å². The quantitative estimate of drug-likeness (QED) is 0.719. The third-order valence-electron chi connectivity index (χ3n) is 5.67. The molecule has 28 heavy (non-hydrogen) atoms. The first kappa shape index (κ1) is 18.4. The maximum absolute atomic E-state index is 13.8. The summed E-state index contributed by atoms with van der Waals surface area (Å²) in [4.78, 5) is 32.3. The lowest BCUT2D eigenvalue weighted by Gasteiger charge is -2.26. The predicted octanol–water partition coefficient (Wildman–Crippen LogP) is 3.85. The van der Waals surface area contributed by atoms with Crippen LogP contribution in [-0.4, -0.2) is 27.8 Å². The van der Waals surface area contributed by atoms with Crippen LogP contribution in [0.3, 0.4) is 0 Å². The summed E-state index contributed by atoms with van der Waals surface area (Å²) in [6, 6.07) is 3.34. The van der Waals surface area contributed by atoms with E-state index in [-0.39, 0.29) is 11.3 Å². The maximum Gasteiger partial charge on any atom is 0.270 e. The number of aryl methyl sites for hydroxylation is 2. The highest BCUT2D eigenvalue weighted by molar-refractivity contribution is 5.93. The van der Waals surface area contributed by atoms with Crippen LogP contribution in [-0.2, 0) is 12.8 Å². The molecule has 2 aromatic heterocycles. The topological polar surface area (TPSA) is 69.0 Å². The summed E-state index contributed by atoms with van der Waals surface area (Å²) in [6.45, 7) is 1.79. The first-order chi connectivity index (χ1) is 13.4. The van der Waals surface area contributed by atoms with E-state index in [0.717, 1.165) is 43.5 Å². The van der Waals surface area contributed by atoms with Crippen molar-refractivity contribution in [3.05, 3.63) is 68.9 Å². The van der Waals surface area contributed by atoms with Crippen LogP contribution in [0.5, 0.6) is 0 Å². The van der Waals surface area contributed by atoms with Gasteiger partial charge in [-0.15, -0.1) is 0 Å². The van der Waals surface area contributed by atoms with Gasteiger partial charge in [0.05, 0.1) is 11.4 Å². The number of H-pyrrole nitrogens is 2. The van der Waals surface area contributed by atoms with E-state index in [4.69, 9.17) is 0 Å². The zero-order valence-electron chi connectivity index (χ0n) is 15.7. The number of pyridine rings is 1. The fourth-order valence-electron chi connectivity index (χ4n) is 3.91. The van der Waals surface area contributed by atoms with Gasteiger partial charge >= 0.3 is 0 Å². The Balaban J connectivity index is 1.70. The molecule has 4 rings (SSSR count). The number of nitrogens with zero attached hydrogens (tertiary/aromatic N) is 1. The average Bonchev–Trinajstić information content (AvgIpc) is 3.12. The molecule has 2 N–H and O–H groups in total. The highest BCUT2D eigenvalue weighted by Crippen LogP contribution is 2.28. The second-order valence-corrected chi connectivity index (χ2v) is 7.37. The summed E-state index contributed by atoms with van der Waals surface area (Å²) < 4.78 is 27.4. The Hall–Kier alpha value is -2.96. The minimum absolute atomic E-state index is 0.0550. The molecular weight excluding hydrogens is 364 g/mol. The van der Waals surface area contributed by atoms with Gasteiger partial charge in [0.1, 0.15) is 5.69 Å². The van der Waals surface area contributed by atoms with Crippen LogP contribution >= 0.6 is 0 Å². The summed E-state index contributed by atoms with van der Waals surface area (Å²) in [7, 11) is 1.66. The van der Waals surface area contributed by atoms with Crippen molar-refractivity contribution in [1.29, 1.82) is 0 Å². The number of halogens is 2. The van der Waals surface area contributed by atoms with Gasteiger partial charge in [-0.05, 0) is 67.3 Å². The van der Waals surface area contributed by atoms with Gasteiger partial charge in [0.2, 0.25) is 0 Å². The van der Waals surface area contributed by atoms with Crippen LogP contribution in [0.1, 0.15) is 53.1 Å². The third-order valence-corrected chi connectivity index (χ3v) is 5.67. The molecule has 0 saturated carbocycles. The van der Waals surface area contributed by atoms with Crippen molar-refractivity contribution >= 4 is 16.7 Å². The molecule has 0 aliphatic heterocycles. The van der Waals surface area contributed by atoms with Crippen LogP contribution in [0.2, 0.25) is 0 Å². The van der Waals surface area contributed by atoms with Crippen molar-refractivity contribution in [1.82, 2.24) is 14.9 Å². The van der Waals surface area contributed by atoms with Gasteiger partial charge in [-0.2, -0.15) is 0 Å². The number of hydrogen-bond acceptors (Lipinski definition) is 2. The average molecular weight is 385 g/mol. The molecule has 5 nitrogen and oxygen atoms in total. The number of carbonyl (C=O) groups is 1. The molecule has 1 aromatic carbocycles. The van der Waals surface area contributed by atoms with Gasteiger partial charge in [-0.3, -0.25) is 9.59 Å². The van der Waals surface area contributed by atoms with Gasteiger partial charge in [-0.25, -0.2) is 8.78 Å². The number of fused-ring (bicyclic) bond motifs is 2. The van der Waals surface area contributed by atoms with E-state index in [0.29, 0.717) is 16.6 Å². The zero-order valence-corrected chi connectivity index (χ0v) is 15.7. The summed E-state index contributed by atoms with van der Waals surface area (Å²) in [6.07, 6.45) is 5.59. The molecule has 2 heterocycles. The van der Waals surface area contributed by atoms with E-state index in [9.17, 15) is 18.4 Å². The largest absolute Gasteiger partial charge is 0.354 e. The lowest BCUT2D eigenvalue weighted by atomic mass is 9.98. The molecule has 0 saturated heterocycles. The lowest BCUT2D eigenvalue weighted by molar-refractivity contribution is 0.0738. The van der Waals surface area contributed by atoms with E-state index in [1.54, 1.807) is 14.0 Å². The van der Waals surface area contributed by atoms with Crippen molar-refractivity contribution in [2.75, 3.05) is 7.05 Å². The SMILES string of the molecule is C[C@H](c1c[nH]c(=O)c2cc(F)c(F)cc12)N(C)C(=O)c1cc2c([nH]1)CCCC2. The fourth-order valence-corrected chi connectivity index (χ4v) is 3.91. The van der Waals surface area contributed by atoms with Crippen LogP contribution in [0.15, 0.2) is 29.2 Å². The smallest absolute Gasteiger partial charge is 0.270 e. The van der Waals surface area contributed by atoms with E-state index in [1.165, 1.54) is 16.7 Å². The molecule has 0 bridgehead atoms. The number of benzene rings is 1. The number of aromatic amines is 2. The van der Waals surface area contributed by atoms with E-state index < -0.39 is 23.2 Å². The van der Waals surface area contributed by atoms with Crippen molar-refractivity contribution in [2.24, 2.45) is 0 Å². The van der Waals surface area contributed by atoms with Crippen molar-refractivity contribution in [3.63, 3.8) is 0 Å². The van der Waals surface area contributed by atoms with Gasteiger partial charge in [0.25, 0.3) is 11.5 Å². The molecule has 1 atom stereocenters. The third kappa shape index (κ3) is 3.00. The number of amides is 1. The summed E-state index contributed by atoms with van der Waals surface area (Å²) in [5.74, 6) is -2.30. The van der Waals surface area contributed by atoms with E-state index in [1.807, 2.05) is 6.07 Å². The Morgan fingerprint density at radius 3 is 2.50 bits per heavy atom. The first-order valence-corrected chi connectivity index (χ1v) is 9.35. The molecule has 146 valence electrons. The standard InChI is InChI=1S/C21H21F2N3O2/c1-11(15-10-24-20(27)14-9-17(23)16(22)8-13(14)15)26(2)21(28)19-7-12-5-3-4-6-18(12)25-19/h7-11,25H,3-6H2,1-2H3,(H,24,27)/t11-/m1/s1. The highest BCUT2D eigenvalue weighted by Gasteiger charge is 2.24. The van der Waals surface area contributed by atoms with Crippen LogP contribution < -0.4 is 5.56 Å². The van der Waals surface area contributed by atoms with Crippen LogP contribution in [0.25, 0.3) is 10.8 Å². The summed E-state index contributed by atoms with van der Waals surface area (Å²) in [5, 5.41) is 0.347. The molecule has 0 spiro atoms. The number of nitrogens with one attached hydrogen (secondary N) is 2. The van der Waals surface area contributed by atoms with Gasteiger partial charge in [-0.1, -0.05) is 0 Å². The lowest BCUT2D eigenvalue weighted by Crippen LogP contribution is -2.30. The van der Waals surface area contributed by atoms with E-state index in [2.05, 4.69) is 9.97 Å². The minimum atomic E-state index is -1.08. The molecule has 0 unspecified atom stereocenters. The normalized spacial score (nSPS) is 14.7. The van der Waals surface area contributed by atoms with Crippen LogP contribution in [0, 0.1) is 11.6 Å². The molecule has 7 heteroatoms. The summed E-state index contributed by atoms with van der Waals surface area (Å²) in [5.41, 5.74) is 2.86. The predicted molar refractivity (Wildman–Crippen MR) is 102 cm³/mol. The fraction of sp³-hybridized carbons (Fsp3) is 0.333. The molecule has 1 amide bonds. The van der Waals surface area contributed by atoms with Crippen molar-refractivity contribution < 1.29 is 13.6 Å². The molecule has 1 aliphatic carbocycles. The molecule has 1 aliphatic rings. The number of rotatable bonds is 3. The van der Waals surface area contributed by atoms with Crippen molar-refractivity contribution in [3.8, 4) is 0 Å². The molecule has 3 aromatic rings. The number of aromatic nitrogens is 2. The van der Waals surface area contributed by atoms with Gasteiger partial charge in [0, 0.05) is 18.9 Å². The maximum atomic E-state index is 13.8. The highest BCUT2D eigenvalue weighted by atomic mass is 19.2.